The van der Waals surface area contributed by atoms with Gasteiger partial charge in [-0.3, -0.25) is 9.55 Å². The molecular weight excluding hydrogens is 322 g/mol. The first kappa shape index (κ1) is 13.8. The lowest BCUT2D eigenvalue weighted by atomic mass is 10.4. The molecule has 0 atom stereocenters. The summed E-state index contributed by atoms with van der Waals surface area (Å²) >= 11 is 3.37. The third-order valence-electron chi connectivity index (χ3n) is 3.56. The monoisotopic (exact) mass is 339 g/mol. The van der Waals surface area contributed by atoms with Crippen molar-refractivity contribution in [3.63, 3.8) is 0 Å². The summed E-state index contributed by atoms with van der Waals surface area (Å²) in [6, 6.07) is 1.93. The fourth-order valence-electron chi connectivity index (χ4n) is 2.26. The highest BCUT2D eigenvalue weighted by Crippen LogP contribution is 2.31. The Labute approximate surface area is 125 Å². The summed E-state index contributed by atoms with van der Waals surface area (Å²) in [6.45, 7) is 2.82. The highest BCUT2D eigenvalue weighted by molar-refractivity contribution is 9.10. The van der Waals surface area contributed by atoms with E-state index < -0.39 is 0 Å². The molecule has 3 heterocycles. The van der Waals surface area contributed by atoms with Gasteiger partial charge in [-0.05, 0) is 53.6 Å². The van der Waals surface area contributed by atoms with Crippen molar-refractivity contribution >= 4 is 27.1 Å². The van der Waals surface area contributed by atoms with Gasteiger partial charge in [0.15, 0.2) is 5.65 Å². The summed E-state index contributed by atoms with van der Waals surface area (Å²) in [5.74, 6) is 0.681. The van der Waals surface area contributed by atoms with Crippen LogP contribution in [0.25, 0.3) is 11.2 Å². The lowest BCUT2D eigenvalue weighted by Gasteiger charge is -2.00. The van der Waals surface area contributed by atoms with E-state index in [9.17, 15) is 4.79 Å². The van der Waals surface area contributed by atoms with Crippen LogP contribution in [0.2, 0.25) is 0 Å². The Morgan fingerprint density at radius 3 is 2.75 bits per heavy atom. The molecule has 1 saturated carbocycles. The number of H-pyrrole nitrogens is 1. The molecule has 2 aromatic heterocycles. The van der Waals surface area contributed by atoms with Gasteiger partial charge in [0.1, 0.15) is 0 Å². The van der Waals surface area contributed by atoms with Gasteiger partial charge in [0.05, 0.1) is 5.52 Å². The van der Waals surface area contributed by atoms with E-state index in [-0.39, 0.29) is 5.69 Å². The number of rotatable bonds is 2. The van der Waals surface area contributed by atoms with E-state index in [1.807, 2.05) is 6.07 Å². The summed E-state index contributed by atoms with van der Waals surface area (Å²) in [4.78, 5) is 18.6. The molecular formula is C14H18BrN3O2. The van der Waals surface area contributed by atoms with Crippen LogP contribution in [-0.2, 0) is 11.3 Å². The number of imidazole rings is 1. The Hall–Kier alpha value is -1.14. The number of aromatic amines is 1. The van der Waals surface area contributed by atoms with Crippen molar-refractivity contribution < 1.29 is 4.74 Å². The molecule has 0 unspecified atom stereocenters. The van der Waals surface area contributed by atoms with Crippen molar-refractivity contribution in [2.75, 3.05) is 13.2 Å². The highest BCUT2D eigenvalue weighted by atomic mass is 79.9. The Balaban J connectivity index is 0.000000205. The van der Waals surface area contributed by atoms with Gasteiger partial charge in [-0.15, -0.1) is 0 Å². The maximum absolute atomic E-state index is 11.7. The van der Waals surface area contributed by atoms with E-state index in [1.165, 1.54) is 25.7 Å². The molecule has 6 heteroatoms. The molecule has 1 N–H and O–H groups in total. The first-order valence-electron chi connectivity index (χ1n) is 7.06. The molecule has 1 aliphatic heterocycles. The zero-order valence-electron chi connectivity index (χ0n) is 11.3. The van der Waals surface area contributed by atoms with Gasteiger partial charge in [-0.1, -0.05) is 0 Å². The molecule has 20 heavy (non-hydrogen) atoms. The zero-order chi connectivity index (χ0) is 13.9. The van der Waals surface area contributed by atoms with E-state index >= 15 is 0 Å². The molecule has 1 aliphatic carbocycles. The molecule has 0 amide bonds. The predicted octanol–water partition coefficient (Wildman–Crippen LogP) is 2.69. The van der Waals surface area contributed by atoms with E-state index in [4.69, 9.17) is 4.74 Å². The smallest absolute Gasteiger partial charge is 0.327 e. The third kappa shape index (κ3) is 3.30. The minimum Gasteiger partial charge on any atom is -0.381 e. The first-order valence-corrected chi connectivity index (χ1v) is 7.85. The van der Waals surface area contributed by atoms with Gasteiger partial charge in [-0.2, -0.15) is 0 Å². The maximum Gasteiger partial charge on any atom is 0.327 e. The highest BCUT2D eigenvalue weighted by Gasteiger charge is 2.23. The standard InChI is InChI=1S/C10H10BrN3O.C4H8O/c11-7-3-8-9(12-4-7)13-10(15)14(8)5-6-1-2-6;1-2-4-5-3-1/h3-4,6H,1-2,5H2,(H,12,13,15);1-4H2. The summed E-state index contributed by atoms with van der Waals surface area (Å²) in [5.41, 5.74) is 1.51. The quantitative estimate of drug-likeness (QED) is 0.914. The second kappa shape index (κ2) is 6.10. The van der Waals surface area contributed by atoms with Crippen LogP contribution in [0, 0.1) is 5.92 Å². The molecule has 0 spiro atoms. The van der Waals surface area contributed by atoms with Crippen molar-refractivity contribution in [3.05, 3.63) is 27.2 Å². The third-order valence-corrected chi connectivity index (χ3v) is 3.99. The predicted molar refractivity (Wildman–Crippen MR) is 80.8 cm³/mol. The lowest BCUT2D eigenvalue weighted by molar-refractivity contribution is 0.198. The Morgan fingerprint density at radius 1 is 1.40 bits per heavy atom. The minimum absolute atomic E-state index is 0.0532. The second-order valence-electron chi connectivity index (χ2n) is 5.32. The van der Waals surface area contributed by atoms with Crippen LogP contribution in [0.15, 0.2) is 21.5 Å². The van der Waals surface area contributed by atoms with Crippen LogP contribution in [0.4, 0.5) is 0 Å². The summed E-state index contributed by atoms with van der Waals surface area (Å²) in [5, 5.41) is 0. The Morgan fingerprint density at radius 2 is 2.15 bits per heavy atom. The molecule has 2 aliphatic rings. The van der Waals surface area contributed by atoms with Crippen molar-refractivity contribution in [3.8, 4) is 0 Å². The normalized spacial score (nSPS) is 18.1. The van der Waals surface area contributed by atoms with Gasteiger partial charge in [0.25, 0.3) is 0 Å². The average Bonchev–Trinajstić information content (AvgIpc) is 2.94. The van der Waals surface area contributed by atoms with Crippen LogP contribution < -0.4 is 5.69 Å². The fraction of sp³-hybridized carbons (Fsp3) is 0.571. The largest absolute Gasteiger partial charge is 0.381 e. The summed E-state index contributed by atoms with van der Waals surface area (Å²) < 4.78 is 7.63. The molecule has 1 saturated heterocycles. The van der Waals surface area contributed by atoms with Crippen LogP contribution in [0.1, 0.15) is 25.7 Å². The lowest BCUT2D eigenvalue weighted by Crippen LogP contribution is -2.17. The number of halogens is 1. The topological polar surface area (TPSA) is 59.9 Å². The maximum atomic E-state index is 11.7. The number of ether oxygens (including phenoxy) is 1. The van der Waals surface area contributed by atoms with Crippen molar-refractivity contribution in [2.45, 2.75) is 32.2 Å². The van der Waals surface area contributed by atoms with Gasteiger partial charge in [0.2, 0.25) is 0 Å². The van der Waals surface area contributed by atoms with E-state index in [2.05, 4.69) is 25.9 Å². The van der Waals surface area contributed by atoms with E-state index in [1.54, 1.807) is 10.8 Å². The number of nitrogens with zero attached hydrogens (tertiary/aromatic N) is 2. The van der Waals surface area contributed by atoms with E-state index in [0.29, 0.717) is 11.6 Å². The molecule has 0 radical (unpaired) electrons. The van der Waals surface area contributed by atoms with Crippen LogP contribution in [0.5, 0.6) is 0 Å². The van der Waals surface area contributed by atoms with E-state index in [0.717, 1.165) is 29.7 Å². The van der Waals surface area contributed by atoms with Crippen molar-refractivity contribution in [2.24, 2.45) is 5.92 Å². The first-order chi connectivity index (χ1) is 9.74. The molecule has 0 aromatic carbocycles. The molecule has 4 rings (SSSR count). The SMILES string of the molecule is C1CCOC1.O=c1[nH]c2ncc(Br)cc2n1CC1CC1. The van der Waals surface area contributed by atoms with Gasteiger partial charge >= 0.3 is 5.69 Å². The number of hydrogen-bond acceptors (Lipinski definition) is 3. The number of hydrogen-bond donors (Lipinski definition) is 1. The average molecular weight is 340 g/mol. The number of aromatic nitrogens is 3. The minimum atomic E-state index is -0.0532. The molecule has 0 bridgehead atoms. The molecule has 5 nitrogen and oxygen atoms in total. The molecule has 2 aromatic rings. The number of fused-ring (bicyclic) bond motifs is 1. The Bertz CT molecular complexity index is 634. The van der Waals surface area contributed by atoms with Crippen LogP contribution >= 0.6 is 15.9 Å². The second-order valence-corrected chi connectivity index (χ2v) is 6.24. The summed E-state index contributed by atoms with van der Waals surface area (Å²) in [6.07, 6.45) is 6.72. The Kier molecular flexibility index (Phi) is 4.21. The fourth-order valence-corrected chi connectivity index (χ4v) is 2.58. The number of nitrogens with one attached hydrogen (secondary N) is 1. The van der Waals surface area contributed by atoms with Gasteiger partial charge in [0, 0.05) is 30.4 Å². The van der Waals surface area contributed by atoms with Gasteiger partial charge in [-0.25, -0.2) is 9.78 Å². The van der Waals surface area contributed by atoms with Crippen LogP contribution in [0.3, 0.4) is 0 Å². The van der Waals surface area contributed by atoms with Crippen molar-refractivity contribution in [1.82, 2.24) is 14.5 Å². The number of pyridine rings is 1. The van der Waals surface area contributed by atoms with Gasteiger partial charge < -0.3 is 4.74 Å². The van der Waals surface area contributed by atoms with Crippen LogP contribution in [-0.4, -0.2) is 27.7 Å². The zero-order valence-corrected chi connectivity index (χ0v) is 12.9. The summed E-state index contributed by atoms with van der Waals surface area (Å²) in [7, 11) is 0. The van der Waals surface area contributed by atoms with Crippen molar-refractivity contribution in [1.29, 1.82) is 0 Å². The molecule has 108 valence electrons. The molecule has 2 fully saturated rings.